The van der Waals surface area contributed by atoms with Crippen molar-refractivity contribution in [3.05, 3.63) is 108 Å². The highest BCUT2D eigenvalue weighted by molar-refractivity contribution is 6.03. The average molecular weight is 354 g/mol. The summed E-state index contributed by atoms with van der Waals surface area (Å²) < 4.78 is 0. The highest BCUT2D eigenvalue weighted by atomic mass is 16.2. The second-order valence-electron chi connectivity index (χ2n) is 6.13. The van der Waals surface area contributed by atoms with E-state index in [9.17, 15) is 4.79 Å². The Morgan fingerprint density at radius 3 is 2.30 bits per heavy atom. The lowest BCUT2D eigenvalue weighted by molar-refractivity contribution is 0.102. The SMILES string of the molecule is O=C(Nc1ccccc1Cc1ccccc1)c1cnn(-c2ccccc2)n1. The van der Waals surface area contributed by atoms with Crippen LogP contribution in [0.1, 0.15) is 21.6 Å². The molecule has 1 heterocycles. The van der Waals surface area contributed by atoms with Crippen LogP contribution < -0.4 is 5.32 Å². The number of amides is 1. The number of aromatic nitrogens is 3. The van der Waals surface area contributed by atoms with Crippen LogP contribution in [-0.2, 0) is 6.42 Å². The number of carbonyl (C=O) groups is 1. The first-order chi connectivity index (χ1) is 13.3. The topological polar surface area (TPSA) is 59.8 Å². The number of nitrogens with zero attached hydrogens (tertiary/aromatic N) is 3. The standard InChI is InChI=1S/C22H18N4O/c27-22(21-16-23-26(25-21)19-12-5-2-6-13-19)24-20-14-8-7-11-18(20)15-17-9-3-1-4-10-17/h1-14,16H,15H2,(H,24,27). The van der Waals surface area contributed by atoms with Gasteiger partial charge in [-0.05, 0) is 35.7 Å². The number of nitrogens with one attached hydrogen (secondary N) is 1. The van der Waals surface area contributed by atoms with Crippen molar-refractivity contribution in [3.8, 4) is 5.69 Å². The summed E-state index contributed by atoms with van der Waals surface area (Å²) in [6.45, 7) is 0. The molecule has 27 heavy (non-hydrogen) atoms. The molecule has 5 heteroatoms. The zero-order valence-electron chi connectivity index (χ0n) is 14.6. The number of hydrogen-bond acceptors (Lipinski definition) is 3. The van der Waals surface area contributed by atoms with Gasteiger partial charge < -0.3 is 5.32 Å². The van der Waals surface area contributed by atoms with Crippen LogP contribution in [0.15, 0.2) is 91.1 Å². The molecule has 0 atom stereocenters. The van der Waals surface area contributed by atoms with Crippen LogP contribution in [0, 0.1) is 0 Å². The Hall–Kier alpha value is -3.73. The summed E-state index contributed by atoms with van der Waals surface area (Å²) in [5.41, 5.74) is 4.09. The summed E-state index contributed by atoms with van der Waals surface area (Å²) in [6.07, 6.45) is 2.22. The molecule has 5 nitrogen and oxygen atoms in total. The summed E-state index contributed by atoms with van der Waals surface area (Å²) >= 11 is 0. The first-order valence-corrected chi connectivity index (χ1v) is 8.70. The molecule has 1 amide bonds. The molecule has 4 rings (SSSR count). The van der Waals surface area contributed by atoms with E-state index in [2.05, 4.69) is 27.6 Å². The predicted molar refractivity (Wildman–Crippen MR) is 105 cm³/mol. The quantitative estimate of drug-likeness (QED) is 0.587. The maximum atomic E-state index is 12.6. The molecule has 0 bridgehead atoms. The fourth-order valence-electron chi connectivity index (χ4n) is 2.85. The minimum atomic E-state index is -0.280. The number of anilines is 1. The summed E-state index contributed by atoms with van der Waals surface area (Å²) in [4.78, 5) is 14.1. The first kappa shape index (κ1) is 16.7. The molecule has 0 fully saturated rings. The molecule has 0 aliphatic heterocycles. The second-order valence-corrected chi connectivity index (χ2v) is 6.13. The Labute approximate surface area is 157 Å². The van der Waals surface area contributed by atoms with E-state index in [4.69, 9.17) is 0 Å². The molecule has 0 aliphatic rings. The number of hydrogen-bond donors (Lipinski definition) is 1. The third-order valence-electron chi connectivity index (χ3n) is 4.21. The summed E-state index contributed by atoms with van der Waals surface area (Å²) in [5, 5.41) is 11.4. The van der Waals surface area contributed by atoms with Crippen molar-refractivity contribution in [1.29, 1.82) is 0 Å². The van der Waals surface area contributed by atoms with Crippen LogP contribution >= 0.6 is 0 Å². The Bertz CT molecular complexity index is 1040. The molecular formula is C22H18N4O. The minimum Gasteiger partial charge on any atom is -0.320 e. The van der Waals surface area contributed by atoms with Gasteiger partial charge in [-0.15, -0.1) is 5.10 Å². The molecular weight excluding hydrogens is 336 g/mol. The van der Waals surface area contributed by atoms with Gasteiger partial charge in [0.2, 0.25) is 0 Å². The van der Waals surface area contributed by atoms with Gasteiger partial charge in [0, 0.05) is 5.69 Å². The van der Waals surface area contributed by atoms with Gasteiger partial charge in [-0.3, -0.25) is 4.79 Å². The van der Waals surface area contributed by atoms with E-state index in [0.29, 0.717) is 0 Å². The van der Waals surface area contributed by atoms with E-state index in [-0.39, 0.29) is 11.6 Å². The summed E-state index contributed by atoms with van der Waals surface area (Å²) in [6, 6.07) is 27.5. The van der Waals surface area contributed by atoms with Gasteiger partial charge in [0.05, 0.1) is 11.9 Å². The van der Waals surface area contributed by atoms with Gasteiger partial charge in [-0.25, -0.2) is 0 Å². The van der Waals surface area contributed by atoms with E-state index in [1.54, 1.807) is 0 Å². The van der Waals surface area contributed by atoms with Crippen molar-refractivity contribution < 1.29 is 4.79 Å². The maximum Gasteiger partial charge on any atom is 0.277 e. The van der Waals surface area contributed by atoms with E-state index in [1.807, 2.05) is 72.8 Å². The van der Waals surface area contributed by atoms with Crippen molar-refractivity contribution >= 4 is 11.6 Å². The molecule has 132 valence electrons. The van der Waals surface area contributed by atoms with Gasteiger partial charge in [-0.2, -0.15) is 9.90 Å². The van der Waals surface area contributed by atoms with Gasteiger partial charge in [0.25, 0.3) is 5.91 Å². The number of rotatable bonds is 5. The summed E-state index contributed by atoms with van der Waals surface area (Å²) in [7, 11) is 0. The van der Waals surface area contributed by atoms with E-state index < -0.39 is 0 Å². The molecule has 0 radical (unpaired) electrons. The number of para-hydroxylation sites is 2. The molecule has 1 N–H and O–H groups in total. The Morgan fingerprint density at radius 2 is 1.52 bits per heavy atom. The largest absolute Gasteiger partial charge is 0.320 e. The molecule has 0 unspecified atom stereocenters. The monoisotopic (exact) mass is 354 g/mol. The van der Waals surface area contributed by atoms with Gasteiger partial charge >= 0.3 is 0 Å². The molecule has 0 aliphatic carbocycles. The minimum absolute atomic E-state index is 0.272. The Kier molecular flexibility index (Phi) is 4.74. The highest BCUT2D eigenvalue weighted by Crippen LogP contribution is 2.19. The zero-order valence-corrected chi connectivity index (χ0v) is 14.6. The lowest BCUT2D eigenvalue weighted by atomic mass is 10.0. The van der Waals surface area contributed by atoms with E-state index >= 15 is 0 Å². The lowest BCUT2D eigenvalue weighted by Gasteiger charge is -2.10. The molecule has 0 saturated heterocycles. The van der Waals surface area contributed by atoms with Crippen molar-refractivity contribution in [2.75, 3.05) is 5.32 Å². The lowest BCUT2D eigenvalue weighted by Crippen LogP contribution is -2.14. The van der Waals surface area contributed by atoms with Gasteiger partial charge in [0.1, 0.15) is 0 Å². The van der Waals surface area contributed by atoms with E-state index in [1.165, 1.54) is 16.6 Å². The Morgan fingerprint density at radius 1 is 0.852 bits per heavy atom. The molecule has 3 aromatic carbocycles. The van der Waals surface area contributed by atoms with Crippen LogP contribution in [0.25, 0.3) is 5.69 Å². The smallest absolute Gasteiger partial charge is 0.277 e. The summed E-state index contributed by atoms with van der Waals surface area (Å²) in [5.74, 6) is -0.280. The third-order valence-corrected chi connectivity index (χ3v) is 4.21. The van der Waals surface area contributed by atoms with Crippen LogP contribution in [0.4, 0.5) is 5.69 Å². The molecule has 0 saturated carbocycles. The van der Waals surface area contributed by atoms with Crippen LogP contribution in [0.5, 0.6) is 0 Å². The zero-order chi connectivity index (χ0) is 18.5. The van der Waals surface area contributed by atoms with Crippen molar-refractivity contribution in [3.63, 3.8) is 0 Å². The highest BCUT2D eigenvalue weighted by Gasteiger charge is 2.13. The second kappa shape index (κ2) is 7.66. The average Bonchev–Trinajstić information content (AvgIpc) is 3.21. The van der Waals surface area contributed by atoms with E-state index in [0.717, 1.165) is 23.4 Å². The fraction of sp³-hybridized carbons (Fsp3) is 0.0455. The fourth-order valence-corrected chi connectivity index (χ4v) is 2.85. The third kappa shape index (κ3) is 3.93. The molecule has 4 aromatic rings. The normalized spacial score (nSPS) is 10.5. The van der Waals surface area contributed by atoms with Gasteiger partial charge in [0.15, 0.2) is 5.69 Å². The van der Waals surface area contributed by atoms with Gasteiger partial charge in [-0.1, -0.05) is 66.7 Å². The Balaban J connectivity index is 1.53. The predicted octanol–water partition coefficient (Wildman–Crippen LogP) is 4.11. The van der Waals surface area contributed by atoms with Crippen LogP contribution in [-0.4, -0.2) is 20.9 Å². The van der Waals surface area contributed by atoms with Crippen molar-refractivity contribution in [2.45, 2.75) is 6.42 Å². The number of benzene rings is 3. The maximum absolute atomic E-state index is 12.6. The molecule has 1 aromatic heterocycles. The first-order valence-electron chi connectivity index (χ1n) is 8.70. The molecule has 0 spiro atoms. The number of carbonyl (C=O) groups excluding carboxylic acids is 1. The van der Waals surface area contributed by atoms with Crippen LogP contribution in [0.2, 0.25) is 0 Å². The van der Waals surface area contributed by atoms with Crippen molar-refractivity contribution in [2.24, 2.45) is 0 Å². The van der Waals surface area contributed by atoms with Crippen LogP contribution in [0.3, 0.4) is 0 Å². The van der Waals surface area contributed by atoms with Crippen molar-refractivity contribution in [1.82, 2.24) is 15.0 Å².